The standard InChI is InChI=1S/C15H30N2O/c1-12(13-7-5-10-18-13)17-9-6-8-16-14(11-17)15(2,3)4/h12-14,16H,5-11H2,1-4H3. The van der Waals surface area contributed by atoms with Crippen LogP contribution in [-0.4, -0.2) is 49.3 Å². The molecule has 2 rings (SSSR count). The van der Waals surface area contributed by atoms with Crippen molar-refractivity contribution in [2.45, 2.75) is 65.1 Å². The maximum atomic E-state index is 5.87. The van der Waals surface area contributed by atoms with Gasteiger partial charge in [0, 0.05) is 25.2 Å². The summed E-state index contributed by atoms with van der Waals surface area (Å²) in [5, 5.41) is 3.71. The van der Waals surface area contributed by atoms with Gasteiger partial charge in [-0.15, -0.1) is 0 Å². The van der Waals surface area contributed by atoms with Gasteiger partial charge in [0.15, 0.2) is 0 Å². The number of nitrogens with one attached hydrogen (secondary N) is 1. The molecule has 2 fully saturated rings. The zero-order valence-corrected chi connectivity index (χ0v) is 12.5. The van der Waals surface area contributed by atoms with Gasteiger partial charge in [-0.2, -0.15) is 0 Å². The van der Waals surface area contributed by atoms with Crippen LogP contribution in [0, 0.1) is 5.41 Å². The highest BCUT2D eigenvalue weighted by atomic mass is 16.5. The van der Waals surface area contributed by atoms with Crippen LogP contribution in [0.2, 0.25) is 0 Å². The predicted molar refractivity (Wildman–Crippen MR) is 75.9 cm³/mol. The summed E-state index contributed by atoms with van der Waals surface area (Å²) in [7, 11) is 0. The molecule has 18 heavy (non-hydrogen) atoms. The average Bonchev–Trinajstić information content (AvgIpc) is 2.70. The minimum atomic E-state index is 0.332. The van der Waals surface area contributed by atoms with E-state index in [0.29, 0.717) is 23.6 Å². The summed E-state index contributed by atoms with van der Waals surface area (Å²) in [6.07, 6.45) is 4.20. The van der Waals surface area contributed by atoms with Crippen molar-refractivity contribution < 1.29 is 4.74 Å². The van der Waals surface area contributed by atoms with E-state index in [-0.39, 0.29) is 0 Å². The number of nitrogens with zero attached hydrogens (tertiary/aromatic N) is 1. The molecule has 2 saturated heterocycles. The molecule has 0 bridgehead atoms. The zero-order chi connectivity index (χ0) is 13.2. The molecular formula is C15H30N2O. The summed E-state index contributed by atoms with van der Waals surface area (Å²) in [5.74, 6) is 0. The lowest BCUT2D eigenvalue weighted by Gasteiger charge is -2.37. The monoisotopic (exact) mass is 254 g/mol. The maximum Gasteiger partial charge on any atom is 0.0728 e. The number of rotatable bonds is 2. The third kappa shape index (κ3) is 3.46. The second-order valence-corrected chi connectivity index (χ2v) is 7.01. The van der Waals surface area contributed by atoms with Crippen molar-refractivity contribution in [3.8, 4) is 0 Å². The van der Waals surface area contributed by atoms with E-state index >= 15 is 0 Å². The van der Waals surface area contributed by atoms with Crippen LogP contribution in [-0.2, 0) is 4.74 Å². The topological polar surface area (TPSA) is 24.5 Å². The van der Waals surface area contributed by atoms with Gasteiger partial charge in [0.05, 0.1) is 6.10 Å². The summed E-state index contributed by atoms with van der Waals surface area (Å²) >= 11 is 0. The summed E-state index contributed by atoms with van der Waals surface area (Å²) in [4.78, 5) is 2.64. The molecule has 0 saturated carbocycles. The first-order valence-electron chi connectivity index (χ1n) is 7.57. The molecule has 0 radical (unpaired) electrons. The molecule has 1 N–H and O–H groups in total. The van der Waals surface area contributed by atoms with Crippen LogP contribution in [0.1, 0.15) is 47.0 Å². The molecular weight excluding hydrogens is 224 g/mol. The van der Waals surface area contributed by atoms with Crippen LogP contribution < -0.4 is 5.32 Å². The van der Waals surface area contributed by atoms with E-state index in [0.717, 1.165) is 19.7 Å². The Morgan fingerprint density at radius 1 is 1.28 bits per heavy atom. The van der Waals surface area contributed by atoms with Crippen LogP contribution >= 0.6 is 0 Å². The van der Waals surface area contributed by atoms with Crippen molar-refractivity contribution in [2.75, 3.05) is 26.2 Å². The normalized spacial score (nSPS) is 33.3. The van der Waals surface area contributed by atoms with Gasteiger partial charge in [-0.1, -0.05) is 20.8 Å². The molecule has 3 atom stereocenters. The fraction of sp³-hybridized carbons (Fsp3) is 1.00. The molecule has 0 aromatic heterocycles. The van der Waals surface area contributed by atoms with Crippen molar-refractivity contribution >= 4 is 0 Å². The molecule has 2 heterocycles. The molecule has 2 aliphatic heterocycles. The Bertz CT molecular complexity index is 256. The zero-order valence-electron chi connectivity index (χ0n) is 12.5. The van der Waals surface area contributed by atoms with Crippen molar-refractivity contribution in [1.82, 2.24) is 10.2 Å². The Hall–Kier alpha value is -0.120. The maximum absolute atomic E-state index is 5.87. The first kappa shape index (κ1) is 14.3. The Labute approximate surface area is 112 Å². The van der Waals surface area contributed by atoms with Crippen LogP contribution in [0.25, 0.3) is 0 Å². The SMILES string of the molecule is CC(C1CCCO1)N1CCCNC(C(C)(C)C)C1. The van der Waals surface area contributed by atoms with Gasteiger partial charge in [0.1, 0.15) is 0 Å². The number of hydrogen-bond donors (Lipinski definition) is 1. The van der Waals surface area contributed by atoms with Crippen LogP contribution in [0.3, 0.4) is 0 Å². The van der Waals surface area contributed by atoms with Crippen molar-refractivity contribution in [3.63, 3.8) is 0 Å². The van der Waals surface area contributed by atoms with Crippen LogP contribution in [0.5, 0.6) is 0 Å². The third-order valence-corrected chi connectivity index (χ3v) is 4.55. The Kier molecular flexibility index (Phi) is 4.68. The number of ether oxygens (including phenoxy) is 1. The minimum Gasteiger partial charge on any atom is -0.377 e. The molecule has 0 aromatic carbocycles. The largest absolute Gasteiger partial charge is 0.377 e. The van der Waals surface area contributed by atoms with Crippen molar-refractivity contribution in [2.24, 2.45) is 5.41 Å². The smallest absolute Gasteiger partial charge is 0.0728 e. The summed E-state index contributed by atoms with van der Waals surface area (Å²) in [6, 6.07) is 1.15. The van der Waals surface area contributed by atoms with Gasteiger partial charge < -0.3 is 10.1 Å². The lowest BCUT2D eigenvalue weighted by atomic mass is 9.86. The van der Waals surface area contributed by atoms with E-state index in [1.54, 1.807) is 0 Å². The lowest BCUT2D eigenvalue weighted by Crippen LogP contribution is -2.50. The molecule has 0 spiro atoms. The first-order valence-corrected chi connectivity index (χ1v) is 7.57. The molecule has 2 aliphatic rings. The van der Waals surface area contributed by atoms with Crippen molar-refractivity contribution in [3.05, 3.63) is 0 Å². The molecule has 0 aliphatic carbocycles. The van der Waals surface area contributed by atoms with E-state index in [1.165, 1.54) is 25.8 Å². The van der Waals surface area contributed by atoms with E-state index in [1.807, 2.05) is 0 Å². The second-order valence-electron chi connectivity index (χ2n) is 7.01. The molecule has 3 heteroatoms. The molecule has 3 nitrogen and oxygen atoms in total. The van der Waals surface area contributed by atoms with Gasteiger partial charge in [-0.3, -0.25) is 4.90 Å². The van der Waals surface area contributed by atoms with E-state index < -0.39 is 0 Å². The van der Waals surface area contributed by atoms with Gasteiger partial charge in [0.25, 0.3) is 0 Å². The minimum absolute atomic E-state index is 0.332. The highest BCUT2D eigenvalue weighted by Gasteiger charge is 2.33. The first-order chi connectivity index (χ1) is 8.48. The quantitative estimate of drug-likeness (QED) is 0.818. The average molecular weight is 254 g/mol. The highest BCUT2D eigenvalue weighted by molar-refractivity contribution is 4.89. The summed E-state index contributed by atoms with van der Waals surface area (Å²) in [6.45, 7) is 13.8. The van der Waals surface area contributed by atoms with Gasteiger partial charge in [-0.25, -0.2) is 0 Å². The molecule has 3 unspecified atom stereocenters. The van der Waals surface area contributed by atoms with Gasteiger partial charge in [-0.05, 0) is 44.7 Å². The number of hydrogen-bond acceptors (Lipinski definition) is 3. The van der Waals surface area contributed by atoms with Gasteiger partial charge >= 0.3 is 0 Å². The molecule has 0 amide bonds. The van der Waals surface area contributed by atoms with Crippen LogP contribution in [0.15, 0.2) is 0 Å². The van der Waals surface area contributed by atoms with E-state index in [9.17, 15) is 0 Å². The Morgan fingerprint density at radius 2 is 2.06 bits per heavy atom. The molecule has 0 aromatic rings. The van der Waals surface area contributed by atoms with E-state index in [2.05, 4.69) is 37.9 Å². The molecule has 106 valence electrons. The van der Waals surface area contributed by atoms with E-state index in [4.69, 9.17) is 4.74 Å². The summed E-state index contributed by atoms with van der Waals surface area (Å²) in [5.41, 5.74) is 0.332. The Balaban J connectivity index is 1.97. The van der Waals surface area contributed by atoms with Crippen molar-refractivity contribution in [1.29, 1.82) is 0 Å². The second kappa shape index (κ2) is 5.89. The lowest BCUT2D eigenvalue weighted by molar-refractivity contribution is 0.0259. The van der Waals surface area contributed by atoms with Gasteiger partial charge in [0.2, 0.25) is 0 Å². The van der Waals surface area contributed by atoms with Crippen LogP contribution in [0.4, 0.5) is 0 Å². The third-order valence-electron chi connectivity index (χ3n) is 4.55. The highest BCUT2D eigenvalue weighted by Crippen LogP contribution is 2.25. The fourth-order valence-corrected chi connectivity index (χ4v) is 3.12. The summed E-state index contributed by atoms with van der Waals surface area (Å²) < 4.78 is 5.87. The fourth-order valence-electron chi connectivity index (χ4n) is 3.12. The Morgan fingerprint density at radius 3 is 2.67 bits per heavy atom. The predicted octanol–water partition coefficient (Wildman–Crippen LogP) is 2.26.